The summed E-state index contributed by atoms with van der Waals surface area (Å²) in [7, 11) is 0. The Morgan fingerprint density at radius 1 is 0.842 bits per heavy atom. The van der Waals surface area contributed by atoms with E-state index in [0.717, 1.165) is 35.5 Å². The van der Waals surface area contributed by atoms with Crippen molar-refractivity contribution in [2.24, 2.45) is 0 Å². The van der Waals surface area contributed by atoms with E-state index in [4.69, 9.17) is 8.83 Å². The Labute approximate surface area is 226 Å². The van der Waals surface area contributed by atoms with Gasteiger partial charge in [-0.1, -0.05) is 84.6 Å². The number of aromatic nitrogens is 1. The van der Waals surface area contributed by atoms with E-state index in [1.54, 1.807) is 6.07 Å². The van der Waals surface area contributed by atoms with Gasteiger partial charge in [-0.2, -0.15) is 0 Å². The molecule has 2 aromatic heterocycles. The Kier molecular flexibility index (Phi) is 7.03. The van der Waals surface area contributed by atoms with E-state index < -0.39 is 0 Å². The molecule has 192 valence electrons. The summed E-state index contributed by atoms with van der Waals surface area (Å²) in [6, 6.07) is 30.9. The molecule has 0 atom stereocenters. The predicted octanol–water partition coefficient (Wildman–Crippen LogP) is 6.57. The number of hydrogen-bond donors (Lipinski definition) is 0. The average molecular weight is 524 g/mol. The molecule has 1 aliphatic rings. The number of amides is 1. The Morgan fingerprint density at radius 2 is 1.53 bits per heavy atom. The third-order valence-electron chi connectivity index (χ3n) is 7.01. The predicted molar refractivity (Wildman–Crippen MR) is 149 cm³/mol. The number of thioether (sulfide) groups is 1. The molecule has 7 heteroatoms. The maximum atomic E-state index is 13.2. The van der Waals surface area contributed by atoms with Gasteiger partial charge in [-0.3, -0.25) is 9.69 Å². The van der Waals surface area contributed by atoms with E-state index in [1.165, 1.54) is 22.9 Å². The lowest BCUT2D eigenvalue weighted by atomic mass is 9.96. The Hall–Kier alpha value is -3.81. The Bertz CT molecular complexity index is 1480. The molecule has 3 aromatic carbocycles. The highest BCUT2D eigenvalue weighted by molar-refractivity contribution is 7.98. The van der Waals surface area contributed by atoms with Crippen molar-refractivity contribution in [3.8, 4) is 0 Å². The molecular formula is C31H29N3O3S. The number of benzene rings is 3. The molecule has 0 bridgehead atoms. The van der Waals surface area contributed by atoms with Crippen molar-refractivity contribution in [2.45, 2.75) is 23.9 Å². The minimum Gasteiger partial charge on any atom is -0.455 e. The summed E-state index contributed by atoms with van der Waals surface area (Å²) < 4.78 is 11.8. The SMILES string of the molecule is Cc1cccc2oc(SCc3ccc(C(=O)N4CCN(C(c5ccccc5)c5ccccc5)CC4)o3)nc12. The molecule has 5 aromatic rings. The van der Waals surface area contributed by atoms with Gasteiger partial charge in [0.05, 0.1) is 11.8 Å². The molecule has 38 heavy (non-hydrogen) atoms. The summed E-state index contributed by atoms with van der Waals surface area (Å²) in [4.78, 5) is 22.2. The van der Waals surface area contributed by atoms with Crippen LogP contribution in [-0.2, 0) is 5.75 Å². The van der Waals surface area contributed by atoms with Gasteiger partial charge in [-0.15, -0.1) is 0 Å². The summed E-state index contributed by atoms with van der Waals surface area (Å²) in [6.07, 6.45) is 0. The van der Waals surface area contributed by atoms with Crippen LogP contribution in [0.4, 0.5) is 0 Å². The van der Waals surface area contributed by atoms with Gasteiger partial charge in [0, 0.05) is 26.2 Å². The molecule has 3 heterocycles. The van der Waals surface area contributed by atoms with E-state index in [9.17, 15) is 4.79 Å². The molecule has 1 amide bonds. The number of carbonyl (C=O) groups excluding carboxylic acids is 1. The number of oxazole rings is 1. The number of piperazine rings is 1. The summed E-state index contributed by atoms with van der Waals surface area (Å²) in [6.45, 7) is 4.92. The zero-order valence-corrected chi connectivity index (χ0v) is 22.1. The molecular weight excluding hydrogens is 494 g/mol. The van der Waals surface area contributed by atoms with Gasteiger partial charge in [0.25, 0.3) is 11.1 Å². The fraction of sp³-hybridized carbons (Fsp3) is 0.226. The molecule has 0 aliphatic carbocycles. The van der Waals surface area contributed by atoms with Crippen LogP contribution in [0.5, 0.6) is 0 Å². The first kappa shape index (κ1) is 24.5. The molecule has 1 fully saturated rings. The largest absolute Gasteiger partial charge is 0.455 e. The van der Waals surface area contributed by atoms with Crippen LogP contribution < -0.4 is 0 Å². The fourth-order valence-corrected chi connectivity index (χ4v) is 5.78. The first-order chi connectivity index (χ1) is 18.7. The number of aryl methyl sites for hydroxylation is 1. The third-order valence-corrected chi connectivity index (χ3v) is 7.86. The van der Waals surface area contributed by atoms with E-state index >= 15 is 0 Å². The van der Waals surface area contributed by atoms with Crippen LogP contribution in [0, 0.1) is 6.92 Å². The molecule has 6 rings (SSSR count). The quantitative estimate of drug-likeness (QED) is 0.225. The van der Waals surface area contributed by atoms with E-state index in [-0.39, 0.29) is 11.9 Å². The first-order valence-corrected chi connectivity index (χ1v) is 13.8. The smallest absolute Gasteiger partial charge is 0.289 e. The van der Waals surface area contributed by atoms with Crippen LogP contribution in [0.1, 0.15) is 39.0 Å². The van der Waals surface area contributed by atoms with Crippen molar-refractivity contribution >= 4 is 28.8 Å². The van der Waals surface area contributed by atoms with Crippen LogP contribution in [-0.4, -0.2) is 46.9 Å². The van der Waals surface area contributed by atoms with Gasteiger partial charge in [0.15, 0.2) is 11.3 Å². The second-order valence-corrected chi connectivity index (χ2v) is 10.4. The van der Waals surface area contributed by atoms with Crippen LogP contribution >= 0.6 is 11.8 Å². The number of fused-ring (bicyclic) bond motifs is 1. The van der Waals surface area contributed by atoms with E-state index in [2.05, 4.69) is 58.4 Å². The van der Waals surface area contributed by atoms with Crippen molar-refractivity contribution in [1.82, 2.24) is 14.8 Å². The van der Waals surface area contributed by atoms with Gasteiger partial charge in [-0.05, 0) is 41.8 Å². The lowest BCUT2D eigenvalue weighted by Gasteiger charge is -2.39. The lowest BCUT2D eigenvalue weighted by Crippen LogP contribution is -2.49. The normalized spacial score (nSPS) is 14.4. The summed E-state index contributed by atoms with van der Waals surface area (Å²) >= 11 is 1.46. The average Bonchev–Trinajstić information content (AvgIpc) is 3.61. The van der Waals surface area contributed by atoms with Crippen molar-refractivity contribution < 1.29 is 13.6 Å². The molecule has 0 radical (unpaired) electrons. The molecule has 0 spiro atoms. The van der Waals surface area contributed by atoms with E-state index in [1.807, 2.05) is 48.2 Å². The fourth-order valence-electron chi connectivity index (χ4n) is 5.05. The van der Waals surface area contributed by atoms with Gasteiger partial charge in [0.2, 0.25) is 0 Å². The van der Waals surface area contributed by atoms with Gasteiger partial charge < -0.3 is 13.7 Å². The lowest BCUT2D eigenvalue weighted by molar-refractivity contribution is 0.0566. The molecule has 1 saturated heterocycles. The molecule has 0 N–H and O–H groups in total. The van der Waals surface area contributed by atoms with Crippen LogP contribution in [0.15, 0.2) is 105 Å². The van der Waals surface area contributed by atoms with E-state index in [0.29, 0.717) is 29.8 Å². The number of rotatable bonds is 7. The van der Waals surface area contributed by atoms with Crippen LogP contribution in [0.25, 0.3) is 11.1 Å². The molecule has 0 saturated carbocycles. The van der Waals surface area contributed by atoms with Crippen LogP contribution in [0.3, 0.4) is 0 Å². The number of hydrogen-bond acceptors (Lipinski definition) is 6. The molecule has 6 nitrogen and oxygen atoms in total. The monoisotopic (exact) mass is 523 g/mol. The van der Waals surface area contributed by atoms with Crippen molar-refractivity contribution in [3.05, 3.63) is 119 Å². The van der Waals surface area contributed by atoms with Gasteiger partial charge in [0.1, 0.15) is 11.3 Å². The van der Waals surface area contributed by atoms with Gasteiger partial charge in [-0.25, -0.2) is 4.98 Å². The van der Waals surface area contributed by atoms with Crippen molar-refractivity contribution in [3.63, 3.8) is 0 Å². The molecule has 1 aliphatic heterocycles. The molecule has 0 unspecified atom stereocenters. The van der Waals surface area contributed by atoms with Crippen molar-refractivity contribution in [2.75, 3.05) is 26.2 Å². The minimum absolute atomic E-state index is 0.0608. The van der Waals surface area contributed by atoms with Gasteiger partial charge >= 0.3 is 0 Å². The summed E-state index contributed by atoms with van der Waals surface area (Å²) in [5.74, 6) is 1.59. The zero-order chi connectivity index (χ0) is 25.9. The topological polar surface area (TPSA) is 62.7 Å². The third kappa shape index (κ3) is 5.12. The highest BCUT2D eigenvalue weighted by atomic mass is 32.2. The Morgan fingerprint density at radius 3 is 2.18 bits per heavy atom. The van der Waals surface area contributed by atoms with Crippen molar-refractivity contribution in [1.29, 1.82) is 0 Å². The number of nitrogens with zero attached hydrogens (tertiary/aromatic N) is 3. The maximum absolute atomic E-state index is 13.2. The summed E-state index contributed by atoms with van der Waals surface area (Å²) in [5.41, 5.74) is 5.28. The number of carbonyl (C=O) groups is 1. The number of para-hydroxylation sites is 1. The standard InChI is InChI=1S/C31H29N3O3S/c1-22-9-8-14-26-28(22)32-31(37-26)38-21-25-15-16-27(36-25)30(35)34-19-17-33(18-20-34)29(23-10-4-2-5-11-23)24-12-6-3-7-13-24/h2-16,29H,17-21H2,1H3. The maximum Gasteiger partial charge on any atom is 0.289 e. The number of furan rings is 1. The second kappa shape index (κ2) is 10.9. The minimum atomic E-state index is -0.0608. The van der Waals surface area contributed by atoms with Crippen LogP contribution in [0.2, 0.25) is 0 Å². The summed E-state index contributed by atoms with van der Waals surface area (Å²) in [5, 5.41) is 0.598. The Balaban J connectivity index is 1.09. The first-order valence-electron chi connectivity index (χ1n) is 12.9. The second-order valence-electron chi connectivity index (χ2n) is 9.51. The highest BCUT2D eigenvalue weighted by Crippen LogP contribution is 2.31. The highest BCUT2D eigenvalue weighted by Gasteiger charge is 2.29. The zero-order valence-electron chi connectivity index (χ0n) is 21.2.